The lowest BCUT2D eigenvalue weighted by atomic mass is 9.86. The average Bonchev–Trinajstić information content (AvgIpc) is 2.70. The van der Waals surface area contributed by atoms with Gasteiger partial charge in [0, 0.05) is 25.0 Å². The SMILES string of the molecule is CCn1cc(S(=O)(=O)NCC2CCC2)cc1CO. The number of aromatic nitrogens is 1. The van der Waals surface area contributed by atoms with Crippen LogP contribution in [0.4, 0.5) is 0 Å². The smallest absolute Gasteiger partial charge is 0.242 e. The summed E-state index contributed by atoms with van der Waals surface area (Å²) in [6.45, 7) is 2.94. The lowest BCUT2D eigenvalue weighted by molar-refractivity contribution is 0.271. The number of aryl methyl sites for hydroxylation is 1. The van der Waals surface area contributed by atoms with Crippen LogP contribution in [0.25, 0.3) is 0 Å². The van der Waals surface area contributed by atoms with Gasteiger partial charge in [-0.25, -0.2) is 13.1 Å². The molecule has 0 aliphatic heterocycles. The molecule has 0 saturated heterocycles. The normalized spacial score (nSPS) is 16.8. The van der Waals surface area contributed by atoms with Crippen molar-refractivity contribution in [1.82, 2.24) is 9.29 Å². The van der Waals surface area contributed by atoms with Gasteiger partial charge in [-0.15, -0.1) is 0 Å². The van der Waals surface area contributed by atoms with Gasteiger partial charge in [-0.2, -0.15) is 0 Å². The topological polar surface area (TPSA) is 71.3 Å². The summed E-state index contributed by atoms with van der Waals surface area (Å²) in [4.78, 5) is 0.243. The molecule has 1 aromatic heterocycles. The largest absolute Gasteiger partial charge is 0.390 e. The molecule has 0 unspecified atom stereocenters. The van der Waals surface area contributed by atoms with E-state index in [9.17, 15) is 8.42 Å². The summed E-state index contributed by atoms with van der Waals surface area (Å²) in [6, 6.07) is 1.53. The van der Waals surface area contributed by atoms with E-state index >= 15 is 0 Å². The van der Waals surface area contributed by atoms with Crippen molar-refractivity contribution in [2.24, 2.45) is 5.92 Å². The predicted molar refractivity (Wildman–Crippen MR) is 68.6 cm³/mol. The molecule has 0 spiro atoms. The van der Waals surface area contributed by atoms with Crippen molar-refractivity contribution in [3.63, 3.8) is 0 Å². The Morgan fingerprint density at radius 1 is 1.50 bits per heavy atom. The fourth-order valence-electron chi connectivity index (χ4n) is 2.11. The fourth-order valence-corrected chi connectivity index (χ4v) is 3.29. The number of sulfonamides is 1. The maximum atomic E-state index is 12.1. The first-order valence-electron chi connectivity index (χ1n) is 6.36. The number of hydrogen-bond donors (Lipinski definition) is 2. The van der Waals surface area contributed by atoms with Gasteiger partial charge in [0.25, 0.3) is 0 Å². The van der Waals surface area contributed by atoms with Gasteiger partial charge >= 0.3 is 0 Å². The molecule has 0 aromatic carbocycles. The Morgan fingerprint density at radius 3 is 2.67 bits per heavy atom. The van der Waals surface area contributed by atoms with Gasteiger partial charge in [0.05, 0.1) is 11.5 Å². The van der Waals surface area contributed by atoms with E-state index in [-0.39, 0.29) is 11.5 Å². The maximum absolute atomic E-state index is 12.1. The van der Waals surface area contributed by atoms with Gasteiger partial charge in [-0.1, -0.05) is 6.42 Å². The molecule has 1 aliphatic rings. The Kier molecular flexibility index (Phi) is 4.09. The molecule has 0 amide bonds. The Labute approximate surface area is 108 Å². The van der Waals surface area contributed by atoms with Crippen molar-refractivity contribution in [1.29, 1.82) is 0 Å². The molecular formula is C12H20N2O3S. The van der Waals surface area contributed by atoms with E-state index < -0.39 is 10.0 Å². The summed E-state index contributed by atoms with van der Waals surface area (Å²) in [7, 11) is -3.44. The molecular weight excluding hydrogens is 252 g/mol. The first-order chi connectivity index (χ1) is 8.56. The number of rotatable bonds is 6. The van der Waals surface area contributed by atoms with Crippen LogP contribution in [0, 0.1) is 5.92 Å². The second-order valence-corrected chi connectivity index (χ2v) is 6.53. The van der Waals surface area contributed by atoms with Crippen LogP contribution < -0.4 is 4.72 Å². The molecule has 0 atom stereocenters. The second kappa shape index (κ2) is 5.42. The van der Waals surface area contributed by atoms with Crippen molar-refractivity contribution in [2.45, 2.75) is 44.2 Å². The second-order valence-electron chi connectivity index (χ2n) is 4.76. The summed E-state index contributed by atoms with van der Waals surface area (Å²) < 4.78 is 28.5. The molecule has 0 bridgehead atoms. The summed E-state index contributed by atoms with van der Waals surface area (Å²) in [5.74, 6) is 0.491. The molecule has 1 fully saturated rings. The highest BCUT2D eigenvalue weighted by molar-refractivity contribution is 7.89. The van der Waals surface area contributed by atoms with Crippen molar-refractivity contribution in [2.75, 3.05) is 6.54 Å². The zero-order chi connectivity index (χ0) is 13.2. The van der Waals surface area contributed by atoms with Crippen LogP contribution in [0.1, 0.15) is 31.9 Å². The zero-order valence-electron chi connectivity index (χ0n) is 10.6. The molecule has 2 rings (SSSR count). The summed E-state index contributed by atoms with van der Waals surface area (Å²) >= 11 is 0. The molecule has 1 aliphatic carbocycles. The molecule has 1 aromatic rings. The monoisotopic (exact) mass is 272 g/mol. The fraction of sp³-hybridized carbons (Fsp3) is 0.667. The molecule has 1 heterocycles. The molecule has 1 saturated carbocycles. The van der Waals surface area contributed by atoms with Crippen LogP contribution in [0.3, 0.4) is 0 Å². The third-order valence-electron chi connectivity index (χ3n) is 3.56. The van der Waals surface area contributed by atoms with Crippen LogP contribution in [0.2, 0.25) is 0 Å². The molecule has 0 radical (unpaired) electrons. The first-order valence-corrected chi connectivity index (χ1v) is 7.84. The quantitative estimate of drug-likeness (QED) is 0.814. The Hall–Kier alpha value is -0.850. The number of aliphatic hydroxyl groups excluding tert-OH is 1. The van der Waals surface area contributed by atoms with Gasteiger partial charge in [-0.3, -0.25) is 0 Å². The first kappa shape index (κ1) is 13.6. The Morgan fingerprint density at radius 2 is 2.22 bits per heavy atom. The van der Waals surface area contributed by atoms with Gasteiger partial charge in [0.15, 0.2) is 0 Å². The third-order valence-corrected chi connectivity index (χ3v) is 4.95. The third kappa shape index (κ3) is 2.76. The van der Waals surface area contributed by atoms with E-state index in [2.05, 4.69) is 4.72 Å². The van der Waals surface area contributed by atoms with Crippen LogP contribution in [0.15, 0.2) is 17.2 Å². The van der Waals surface area contributed by atoms with E-state index in [1.165, 1.54) is 12.5 Å². The van der Waals surface area contributed by atoms with E-state index in [4.69, 9.17) is 5.11 Å². The van der Waals surface area contributed by atoms with E-state index in [0.29, 0.717) is 24.7 Å². The number of hydrogen-bond acceptors (Lipinski definition) is 3. The summed E-state index contributed by atoms with van der Waals surface area (Å²) in [5, 5.41) is 9.16. The van der Waals surface area contributed by atoms with Crippen molar-refractivity contribution >= 4 is 10.0 Å². The predicted octanol–water partition coefficient (Wildman–Crippen LogP) is 1.08. The highest BCUT2D eigenvalue weighted by Crippen LogP contribution is 2.26. The van der Waals surface area contributed by atoms with E-state index in [1.54, 1.807) is 10.8 Å². The van der Waals surface area contributed by atoms with Gasteiger partial charge in [0.2, 0.25) is 10.0 Å². The summed E-state index contributed by atoms with van der Waals surface area (Å²) in [5.41, 5.74) is 0.626. The minimum atomic E-state index is -3.44. The molecule has 5 nitrogen and oxygen atoms in total. The zero-order valence-corrected chi connectivity index (χ0v) is 11.4. The minimum Gasteiger partial charge on any atom is -0.390 e. The number of nitrogens with zero attached hydrogens (tertiary/aromatic N) is 1. The highest BCUT2D eigenvalue weighted by Gasteiger charge is 2.22. The number of aliphatic hydroxyl groups is 1. The molecule has 6 heteroatoms. The van der Waals surface area contributed by atoms with Crippen molar-refractivity contribution in [3.8, 4) is 0 Å². The Balaban J connectivity index is 2.10. The number of nitrogens with one attached hydrogen (secondary N) is 1. The standard InChI is InChI=1S/C12H20N2O3S/c1-2-14-8-12(6-11(14)9-15)18(16,17)13-7-10-4-3-5-10/h6,8,10,13,15H,2-5,7,9H2,1H3. The summed E-state index contributed by atoms with van der Waals surface area (Å²) in [6.07, 6.45) is 5.00. The van der Waals surface area contributed by atoms with Gasteiger partial charge in [-0.05, 0) is 31.7 Å². The lowest BCUT2D eigenvalue weighted by Crippen LogP contribution is -2.32. The van der Waals surface area contributed by atoms with Crippen LogP contribution in [-0.2, 0) is 23.2 Å². The van der Waals surface area contributed by atoms with E-state index in [1.807, 2.05) is 6.92 Å². The Bertz CT molecular complexity index is 482. The lowest BCUT2D eigenvalue weighted by Gasteiger charge is -2.25. The minimum absolute atomic E-state index is 0.147. The van der Waals surface area contributed by atoms with Gasteiger partial charge in [0.1, 0.15) is 0 Å². The average molecular weight is 272 g/mol. The highest BCUT2D eigenvalue weighted by atomic mass is 32.2. The maximum Gasteiger partial charge on any atom is 0.242 e. The van der Waals surface area contributed by atoms with Crippen molar-refractivity contribution < 1.29 is 13.5 Å². The molecule has 102 valence electrons. The molecule has 18 heavy (non-hydrogen) atoms. The van der Waals surface area contributed by atoms with Crippen LogP contribution in [-0.4, -0.2) is 24.6 Å². The van der Waals surface area contributed by atoms with E-state index in [0.717, 1.165) is 12.8 Å². The van der Waals surface area contributed by atoms with Gasteiger partial charge < -0.3 is 9.67 Å². The van der Waals surface area contributed by atoms with Crippen molar-refractivity contribution in [3.05, 3.63) is 18.0 Å². The van der Waals surface area contributed by atoms with Crippen LogP contribution >= 0.6 is 0 Å². The van der Waals surface area contributed by atoms with Crippen LogP contribution in [0.5, 0.6) is 0 Å². The molecule has 2 N–H and O–H groups in total.